The summed E-state index contributed by atoms with van der Waals surface area (Å²) in [6.45, 7) is 0. The maximum atomic E-state index is 14.6. The molecule has 6 heteroatoms. The lowest BCUT2D eigenvalue weighted by Gasteiger charge is -2.36. The van der Waals surface area contributed by atoms with Crippen LogP contribution < -0.4 is 4.74 Å². The minimum Gasteiger partial charge on any atom is -0.508 e. The van der Waals surface area contributed by atoms with Crippen molar-refractivity contribution in [1.29, 1.82) is 0 Å². The standard InChI is InChI=1S/C20H11FO5/c21-17-15(23)8-7-14-18(17)25-16-9-10(22)5-6-13(16)20(14)12-4-2-1-3-11(12)19(24)26-20/h1-9,22-23H. The normalized spacial score (nSPS) is 19.3. The summed E-state index contributed by atoms with van der Waals surface area (Å²) in [6.07, 6.45) is 0. The van der Waals surface area contributed by atoms with Crippen molar-refractivity contribution >= 4 is 5.97 Å². The van der Waals surface area contributed by atoms with Crippen molar-refractivity contribution in [3.8, 4) is 23.0 Å². The summed E-state index contributed by atoms with van der Waals surface area (Å²) >= 11 is 0. The van der Waals surface area contributed by atoms with Crippen LogP contribution in [-0.2, 0) is 10.3 Å². The number of hydrogen-bond donors (Lipinski definition) is 2. The predicted molar refractivity (Wildman–Crippen MR) is 88.0 cm³/mol. The van der Waals surface area contributed by atoms with Crippen LogP contribution in [0.15, 0.2) is 54.6 Å². The zero-order valence-electron chi connectivity index (χ0n) is 13.2. The van der Waals surface area contributed by atoms with Gasteiger partial charge in [-0.1, -0.05) is 18.2 Å². The van der Waals surface area contributed by atoms with E-state index in [-0.39, 0.29) is 22.8 Å². The number of phenols is 2. The number of halogens is 1. The summed E-state index contributed by atoms with van der Waals surface area (Å²) in [5.74, 6) is -2.27. The zero-order chi connectivity index (χ0) is 18.1. The molecular weight excluding hydrogens is 339 g/mol. The summed E-state index contributed by atoms with van der Waals surface area (Å²) < 4.78 is 26.0. The number of esters is 1. The lowest BCUT2D eigenvalue weighted by atomic mass is 9.77. The molecule has 1 spiro atoms. The first-order valence-electron chi connectivity index (χ1n) is 7.88. The lowest BCUT2D eigenvalue weighted by Crippen LogP contribution is -2.33. The Kier molecular flexibility index (Phi) is 2.70. The monoisotopic (exact) mass is 350 g/mol. The third-order valence-electron chi connectivity index (χ3n) is 4.78. The number of benzene rings is 3. The third kappa shape index (κ3) is 1.65. The van der Waals surface area contributed by atoms with E-state index < -0.39 is 23.1 Å². The van der Waals surface area contributed by atoms with Crippen LogP contribution in [0.2, 0.25) is 0 Å². The van der Waals surface area contributed by atoms with Crippen LogP contribution in [-0.4, -0.2) is 16.2 Å². The van der Waals surface area contributed by atoms with Crippen LogP contribution in [0.1, 0.15) is 27.0 Å². The minimum atomic E-state index is -1.42. The molecule has 0 aromatic heterocycles. The highest BCUT2D eigenvalue weighted by Gasteiger charge is 2.54. The quantitative estimate of drug-likeness (QED) is 0.603. The van der Waals surface area contributed by atoms with Crippen LogP contribution in [0.5, 0.6) is 23.0 Å². The van der Waals surface area contributed by atoms with Gasteiger partial charge in [-0.05, 0) is 30.3 Å². The molecule has 2 aliphatic heterocycles. The summed E-state index contributed by atoms with van der Waals surface area (Å²) in [7, 11) is 0. The number of carbonyl (C=O) groups is 1. The van der Waals surface area contributed by atoms with Gasteiger partial charge in [0.15, 0.2) is 17.1 Å². The van der Waals surface area contributed by atoms with E-state index in [4.69, 9.17) is 9.47 Å². The molecule has 1 unspecified atom stereocenters. The molecule has 0 fully saturated rings. The fourth-order valence-electron chi connectivity index (χ4n) is 3.68. The van der Waals surface area contributed by atoms with E-state index in [2.05, 4.69) is 0 Å². The van der Waals surface area contributed by atoms with Gasteiger partial charge in [-0.15, -0.1) is 0 Å². The Balaban J connectivity index is 1.93. The van der Waals surface area contributed by atoms with E-state index >= 15 is 0 Å². The van der Waals surface area contributed by atoms with Crippen LogP contribution in [0.3, 0.4) is 0 Å². The van der Waals surface area contributed by atoms with Crippen molar-refractivity contribution in [2.75, 3.05) is 0 Å². The van der Waals surface area contributed by atoms with Gasteiger partial charge >= 0.3 is 5.97 Å². The van der Waals surface area contributed by atoms with Crippen molar-refractivity contribution in [3.05, 3.63) is 82.7 Å². The fourth-order valence-corrected chi connectivity index (χ4v) is 3.68. The smallest absolute Gasteiger partial charge is 0.340 e. The Hall–Kier alpha value is -3.54. The molecule has 5 rings (SSSR count). The van der Waals surface area contributed by atoms with Crippen molar-refractivity contribution in [3.63, 3.8) is 0 Å². The SMILES string of the molecule is O=C1OC2(c3ccc(O)cc3Oc3c2ccc(O)c3F)c2ccccc21. The highest BCUT2D eigenvalue weighted by Crippen LogP contribution is 2.57. The molecule has 2 heterocycles. The number of phenolic OH excluding ortho intramolecular Hbond substituents is 2. The first-order chi connectivity index (χ1) is 12.5. The van der Waals surface area contributed by atoms with Crippen LogP contribution >= 0.6 is 0 Å². The van der Waals surface area contributed by atoms with Gasteiger partial charge < -0.3 is 19.7 Å². The van der Waals surface area contributed by atoms with Gasteiger partial charge in [0.2, 0.25) is 5.82 Å². The Morgan fingerprint density at radius 1 is 0.923 bits per heavy atom. The van der Waals surface area contributed by atoms with Gasteiger partial charge in [0, 0.05) is 17.2 Å². The molecule has 26 heavy (non-hydrogen) atoms. The number of hydrogen-bond acceptors (Lipinski definition) is 5. The van der Waals surface area contributed by atoms with Gasteiger partial charge in [-0.3, -0.25) is 0 Å². The van der Waals surface area contributed by atoms with E-state index in [0.717, 1.165) is 0 Å². The number of aromatic hydroxyl groups is 2. The van der Waals surface area contributed by atoms with Crippen LogP contribution in [0.25, 0.3) is 0 Å². The van der Waals surface area contributed by atoms with Crippen LogP contribution in [0.4, 0.5) is 4.39 Å². The van der Waals surface area contributed by atoms with Crippen molar-refractivity contribution in [1.82, 2.24) is 0 Å². The van der Waals surface area contributed by atoms with E-state index in [0.29, 0.717) is 16.7 Å². The second kappa shape index (κ2) is 4.76. The third-order valence-corrected chi connectivity index (χ3v) is 4.78. The second-order valence-electron chi connectivity index (χ2n) is 6.17. The average molecular weight is 350 g/mol. The number of carbonyl (C=O) groups excluding carboxylic acids is 1. The van der Waals surface area contributed by atoms with Gasteiger partial charge in [0.05, 0.1) is 11.1 Å². The summed E-state index contributed by atoms with van der Waals surface area (Å²) in [6, 6.07) is 13.9. The van der Waals surface area contributed by atoms with E-state index in [9.17, 15) is 19.4 Å². The Morgan fingerprint density at radius 2 is 1.69 bits per heavy atom. The molecule has 0 saturated carbocycles. The first kappa shape index (κ1) is 14.8. The first-order valence-corrected chi connectivity index (χ1v) is 7.88. The van der Waals surface area contributed by atoms with Gasteiger partial charge in [0.1, 0.15) is 11.5 Å². The number of ether oxygens (including phenoxy) is 2. The van der Waals surface area contributed by atoms with Crippen LogP contribution in [0, 0.1) is 5.82 Å². The molecule has 128 valence electrons. The largest absolute Gasteiger partial charge is 0.508 e. The fraction of sp³-hybridized carbons (Fsp3) is 0.0500. The van der Waals surface area contributed by atoms with Gasteiger partial charge in [-0.2, -0.15) is 4.39 Å². The molecule has 0 amide bonds. The molecule has 1 atom stereocenters. The molecule has 0 bridgehead atoms. The van der Waals surface area contributed by atoms with E-state index in [1.54, 1.807) is 30.3 Å². The molecule has 0 aliphatic carbocycles. The second-order valence-corrected chi connectivity index (χ2v) is 6.17. The molecule has 2 N–H and O–H groups in total. The minimum absolute atomic E-state index is 0.0829. The maximum absolute atomic E-state index is 14.6. The van der Waals surface area contributed by atoms with Gasteiger partial charge in [0.25, 0.3) is 0 Å². The molecule has 0 saturated heterocycles. The Bertz CT molecular complexity index is 1110. The van der Waals surface area contributed by atoms with E-state index in [1.165, 1.54) is 24.3 Å². The summed E-state index contributed by atoms with van der Waals surface area (Å²) in [5, 5.41) is 19.6. The molecule has 0 radical (unpaired) electrons. The summed E-state index contributed by atoms with van der Waals surface area (Å²) in [5.41, 5.74) is 0.230. The topological polar surface area (TPSA) is 76.0 Å². The van der Waals surface area contributed by atoms with Crippen molar-refractivity contribution in [2.45, 2.75) is 5.60 Å². The van der Waals surface area contributed by atoms with E-state index in [1.807, 2.05) is 0 Å². The predicted octanol–water partition coefficient (Wildman–Crippen LogP) is 3.80. The highest BCUT2D eigenvalue weighted by atomic mass is 19.1. The summed E-state index contributed by atoms with van der Waals surface area (Å²) in [4.78, 5) is 12.5. The highest BCUT2D eigenvalue weighted by molar-refractivity contribution is 5.97. The van der Waals surface area contributed by atoms with Crippen molar-refractivity contribution < 1.29 is 28.9 Å². The lowest BCUT2D eigenvalue weighted by molar-refractivity contribution is 0.0221. The molecular formula is C20H11FO5. The van der Waals surface area contributed by atoms with Crippen molar-refractivity contribution in [2.24, 2.45) is 0 Å². The Labute approximate surface area is 146 Å². The maximum Gasteiger partial charge on any atom is 0.340 e. The average Bonchev–Trinajstić information content (AvgIpc) is 2.92. The molecule has 3 aromatic rings. The zero-order valence-corrected chi connectivity index (χ0v) is 13.2. The molecule has 3 aromatic carbocycles. The molecule has 5 nitrogen and oxygen atoms in total. The van der Waals surface area contributed by atoms with Gasteiger partial charge in [-0.25, -0.2) is 4.79 Å². The Morgan fingerprint density at radius 3 is 2.54 bits per heavy atom. The number of rotatable bonds is 0. The molecule has 2 aliphatic rings. The number of fused-ring (bicyclic) bond motifs is 6.